The molecule has 1 aliphatic carbocycles. The number of halogens is 2. The molecule has 1 unspecified atom stereocenters. The van der Waals surface area contributed by atoms with Crippen LogP contribution in [0.2, 0.25) is 0 Å². The van der Waals surface area contributed by atoms with Crippen molar-refractivity contribution in [1.29, 1.82) is 0 Å². The van der Waals surface area contributed by atoms with Crippen molar-refractivity contribution in [3.8, 4) is 11.5 Å². The van der Waals surface area contributed by atoms with Gasteiger partial charge in [-0.2, -0.15) is 4.39 Å². The molecule has 1 aromatic heterocycles. The van der Waals surface area contributed by atoms with Crippen molar-refractivity contribution < 1.29 is 18.6 Å². The van der Waals surface area contributed by atoms with E-state index in [1.165, 1.54) is 18.9 Å². The van der Waals surface area contributed by atoms with Gasteiger partial charge in [0, 0.05) is 11.5 Å². The van der Waals surface area contributed by atoms with Crippen LogP contribution in [0.5, 0.6) is 11.5 Å². The van der Waals surface area contributed by atoms with Crippen molar-refractivity contribution in [3.05, 3.63) is 47.0 Å². The van der Waals surface area contributed by atoms with Gasteiger partial charge in [0.15, 0.2) is 17.3 Å². The number of nitrogens with zero attached hydrogens (tertiary/aromatic N) is 2. The van der Waals surface area contributed by atoms with E-state index < -0.39 is 17.4 Å². The van der Waals surface area contributed by atoms with Crippen LogP contribution in [0.4, 0.5) is 8.78 Å². The van der Waals surface area contributed by atoms with E-state index in [0.29, 0.717) is 48.6 Å². The summed E-state index contributed by atoms with van der Waals surface area (Å²) in [6, 6.07) is 1.17. The van der Waals surface area contributed by atoms with Gasteiger partial charge in [0.25, 0.3) is 0 Å². The fraction of sp³-hybridized carbons (Fsp3) is 0.500. The highest BCUT2D eigenvalue weighted by molar-refractivity contribution is 5.43. The highest BCUT2D eigenvalue weighted by Crippen LogP contribution is 2.37. The van der Waals surface area contributed by atoms with Crippen molar-refractivity contribution in [2.75, 3.05) is 6.61 Å². The fourth-order valence-corrected chi connectivity index (χ4v) is 3.40. The molecule has 6 heteroatoms. The summed E-state index contributed by atoms with van der Waals surface area (Å²) in [6.07, 6.45) is 9.54. The summed E-state index contributed by atoms with van der Waals surface area (Å²) >= 11 is 0. The van der Waals surface area contributed by atoms with Crippen LogP contribution in [0.1, 0.15) is 61.9 Å². The Bertz CT molecular complexity index is 750. The molecule has 1 aliphatic rings. The molecule has 1 N–H and O–H groups in total. The molecule has 1 aromatic carbocycles. The molecule has 140 valence electrons. The second-order valence-corrected chi connectivity index (χ2v) is 6.78. The number of unbranched alkanes of at least 4 members (excludes halogenated alkanes) is 3. The van der Waals surface area contributed by atoms with Crippen LogP contribution in [0.3, 0.4) is 0 Å². The lowest BCUT2D eigenvalue weighted by Gasteiger charge is -2.24. The molecule has 0 aliphatic heterocycles. The average molecular weight is 362 g/mol. The van der Waals surface area contributed by atoms with E-state index in [1.54, 1.807) is 12.4 Å². The molecule has 0 radical (unpaired) electrons. The van der Waals surface area contributed by atoms with E-state index in [9.17, 15) is 13.9 Å². The first-order valence-electron chi connectivity index (χ1n) is 9.23. The SMILES string of the molecule is CCCCCCOc1cnc(C2CCc3c(cc(F)c(F)c3O)C2)nc1. The molecule has 0 spiro atoms. The number of aromatic hydroxyl groups is 1. The second-order valence-electron chi connectivity index (χ2n) is 6.78. The number of phenols is 1. The number of hydrogen-bond acceptors (Lipinski definition) is 4. The molecule has 2 aromatic rings. The topological polar surface area (TPSA) is 55.2 Å². The molecule has 0 saturated heterocycles. The van der Waals surface area contributed by atoms with E-state index in [0.717, 1.165) is 12.8 Å². The number of hydrogen-bond donors (Lipinski definition) is 1. The van der Waals surface area contributed by atoms with Gasteiger partial charge in [-0.25, -0.2) is 14.4 Å². The molecule has 0 saturated carbocycles. The van der Waals surface area contributed by atoms with Gasteiger partial charge in [0.1, 0.15) is 5.82 Å². The van der Waals surface area contributed by atoms with Crippen molar-refractivity contribution in [3.63, 3.8) is 0 Å². The predicted molar refractivity (Wildman–Crippen MR) is 94.5 cm³/mol. The van der Waals surface area contributed by atoms with Gasteiger partial charge in [-0.15, -0.1) is 0 Å². The van der Waals surface area contributed by atoms with Crippen molar-refractivity contribution >= 4 is 0 Å². The van der Waals surface area contributed by atoms with Crippen molar-refractivity contribution in [2.45, 2.75) is 57.8 Å². The summed E-state index contributed by atoms with van der Waals surface area (Å²) in [6.45, 7) is 2.83. The fourth-order valence-electron chi connectivity index (χ4n) is 3.40. The predicted octanol–water partition coefficient (Wildman–Crippen LogP) is 4.69. The smallest absolute Gasteiger partial charge is 0.200 e. The molecule has 0 bridgehead atoms. The summed E-state index contributed by atoms with van der Waals surface area (Å²) in [5, 5.41) is 9.79. The Labute approximate surface area is 152 Å². The first-order chi connectivity index (χ1) is 12.6. The van der Waals surface area contributed by atoms with Gasteiger partial charge in [0.05, 0.1) is 19.0 Å². The quantitative estimate of drug-likeness (QED) is 0.726. The molecule has 0 amide bonds. The molecule has 26 heavy (non-hydrogen) atoms. The van der Waals surface area contributed by atoms with E-state index in [1.807, 2.05) is 0 Å². The summed E-state index contributed by atoms with van der Waals surface area (Å²) in [5.74, 6) is -1.42. The molecular weight excluding hydrogens is 338 g/mol. The summed E-state index contributed by atoms with van der Waals surface area (Å²) < 4.78 is 32.7. The zero-order chi connectivity index (χ0) is 18.5. The van der Waals surface area contributed by atoms with Crippen LogP contribution in [0.15, 0.2) is 18.5 Å². The molecule has 1 atom stereocenters. The highest BCUT2D eigenvalue weighted by atomic mass is 19.2. The third-order valence-corrected chi connectivity index (χ3v) is 4.88. The second kappa shape index (κ2) is 8.43. The number of rotatable bonds is 7. The van der Waals surface area contributed by atoms with Gasteiger partial charge in [0.2, 0.25) is 5.82 Å². The van der Waals surface area contributed by atoms with Gasteiger partial charge < -0.3 is 9.84 Å². The minimum atomic E-state index is -1.17. The van der Waals surface area contributed by atoms with Crippen LogP contribution >= 0.6 is 0 Å². The monoisotopic (exact) mass is 362 g/mol. The summed E-state index contributed by atoms with van der Waals surface area (Å²) in [4.78, 5) is 8.77. The Kier molecular flexibility index (Phi) is 6.01. The molecule has 3 rings (SSSR count). The number of ether oxygens (including phenoxy) is 1. The third-order valence-electron chi connectivity index (χ3n) is 4.88. The Morgan fingerprint density at radius 1 is 1.19 bits per heavy atom. The van der Waals surface area contributed by atoms with Crippen LogP contribution in [0, 0.1) is 11.6 Å². The van der Waals surface area contributed by atoms with Gasteiger partial charge in [-0.05, 0) is 37.3 Å². The standard InChI is InChI=1S/C20H24F2N2O2/c1-2-3-4-5-8-26-15-11-23-20(24-12-15)13-6-7-16-14(9-13)10-17(21)18(22)19(16)25/h10-13,25H,2-9H2,1H3. The van der Waals surface area contributed by atoms with E-state index in [2.05, 4.69) is 16.9 Å². The minimum Gasteiger partial charge on any atom is -0.505 e. The van der Waals surface area contributed by atoms with Gasteiger partial charge in [-0.1, -0.05) is 26.2 Å². The summed E-state index contributed by atoms with van der Waals surface area (Å²) in [7, 11) is 0. The lowest BCUT2D eigenvalue weighted by Crippen LogP contribution is -2.16. The van der Waals surface area contributed by atoms with Crippen LogP contribution in [-0.4, -0.2) is 21.7 Å². The normalized spacial score (nSPS) is 16.3. The maximum Gasteiger partial charge on any atom is 0.200 e. The number of benzene rings is 1. The Hall–Kier alpha value is -2.24. The lowest BCUT2D eigenvalue weighted by atomic mass is 9.83. The number of aromatic nitrogens is 2. The zero-order valence-electron chi connectivity index (χ0n) is 15.0. The Balaban J connectivity index is 1.62. The zero-order valence-corrected chi connectivity index (χ0v) is 15.0. The van der Waals surface area contributed by atoms with Gasteiger partial charge in [-0.3, -0.25) is 0 Å². The van der Waals surface area contributed by atoms with Crippen molar-refractivity contribution in [2.24, 2.45) is 0 Å². The molecular formula is C20H24F2N2O2. The molecule has 0 fully saturated rings. The van der Waals surface area contributed by atoms with E-state index in [4.69, 9.17) is 4.74 Å². The van der Waals surface area contributed by atoms with Gasteiger partial charge >= 0.3 is 0 Å². The highest BCUT2D eigenvalue weighted by Gasteiger charge is 2.27. The lowest BCUT2D eigenvalue weighted by molar-refractivity contribution is 0.302. The molecule has 1 heterocycles. The first-order valence-corrected chi connectivity index (χ1v) is 9.23. The maximum atomic E-state index is 13.6. The Morgan fingerprint density at radius 2 is 1.96 bits per heavy atom. The number of phenolic OH excluding ortho intramolecular Hbond substituents is 1. The third kappa shape index (κ3) is 4.11. The Morgan fingerprint density at radius 3 is 2.69 bits per heavy atom. The summed E-state index contributed by atoms with van der Waals surface area (Å²) in [5.41, 5.74) is 1.12. The largest absolute Gasteiger partial charge is 0.505 e. The molecule has 4 nitrogen and oxygen atoms in total. The van der Waals surface area contributed by atoms with Crippen LogP contribution in [-0.2, 0) is 12.8 Å². The minimum absolute atomic E-state index is 0.0189. The van der Waals surface area contributed by atoms with Crippen molar-refractivity contribution in [1.82, 2.24) is 9.97 Å². The maximum absolute atomic E-state index is 13.6. The van der Waals surface area contributed by atoms with Crippen LogP contribution in [0.25, 0.3) is 0 Å². The first kappa shape index (κ1) is 18.5. The van der Waals surface area contributed by atoms with E-state index >= 15 is 0 Å². The average Bonchev–Trinajstić information content (AvgIpc) is 2.66. The van der Waals surface area contributed by atoms with E-state index in [-0.39, 0.29) is 5.92 Å². The van der Waals surface area contributed by atoms with Crippen LogP contribution < -0.4 is 4.74 Å². The number of fused-ring (bicyclic) bond motifs is 1.